The fourth-order valence-electron chi connectivity index (χ4n) is 1.01. The van der Waals surface area contributed by atoms with Crippen molar-refractivity contribution < 1.29 is 15.0 Å². The molecule has 70 valence electrons. The van der Waals surface area contributed by atoms with Crippen molar-refractivity contribution in [1.82, 2.24) is 0 Å². The average molecular weight is 201 g/mol. The monoisotopic (exact) mass is 200 g/mol. The van der Waals surface area contributed by atoms with E-state index in [1.165, 1.54) is 12.1 Å². The first-order chi connectivity index (χ1) is 6.07. The standard InChI is InChI=1S/C9H9ClO3/c1-5(4-11)6-2-3-7(12)8(10)9(6)13/h2-5,12-13H,1H3. The Hall–Kier alpha value is -1.22. The molecule has 0 amide bonds. The van der Waals surface area contributed by atoms with Crippen molar-refractivity contribution in [2.45, 2.75) is 12.8 Å². The van der Waals surface area contributed by atoms with E-state index in [0.29, 0.717) is 11.8 Å². The van der Waals surface area contributed by atoms with Crippen LogP contribution in [0.4, 0.5) is 0 Å². The van der Waals surface area contributed by atoms with E-state index in [0.717, 1.165) is 0 Å². The Labute approximate surface area is 80.6 Å². The van der Waals surface area contributed by atoms with Crippen molar-refractivity contribution in [1.29, 1.82) is 0 Å². The van der Waals surface area contributed by atoms with Crippen LogP contribution in [0.15, 0.2) is 12.1 Å². The minimum Gasteiger partial charge on any atom is -0.506 e. The van der Waals surface area contributed by atoms with Crippen LogP contribution in [0.5, 0.6) is 11.5 Å². The molecule has 0 bridgehead atoms. The molecule has 0 spiro atoms. The third-order valence-electron chi connectivity index (χ3n) is 1.82. The van der Waals surface area contributed by atoms with Gasteiger partial charge >= 0.3 is 0 Å². The van der Waals surface area contributed by atoms with Crippen LogP contribution in [0.3, 0.4) is 0 Å². The highest BCUT2D eigenvalue weighted by molar-refractivity contribution is 6.33. The van der Waals surface area contributed by atoms with Gasteiger partial charge in [0.15, 0.2) is 0 Å². The molecule has 1 atom stereocenters. The molecular weight excluding hydrogens is 192 g/mol. The summed E-state index contributed by atoms with van der Waals surface area (Å²) in [7, 11) is 0. The smallest absolute Gasteiger partial charge is 0.141 e. The molecule has 1 aromatic carbocycles. The Bertz CT molecular complexity index is 336. The highest BCUT2D eigenvalue weighted by Gasteiger charge is 2.14. The van der Waals surface area contributed by atoms with E-state index in [4.69, 9.17) is 16.7 Å². The Kier molecular flexibility index (Phi) is 2.78. The normalized spacial score (nSPS) is 12.5. The van der Waals surface area contributed by atoms with E-state index < -0.39 is 5.92 Å². The molecule has 0 saturated heterocycles. The van der Waals surface area contributed by atoms with Gasteiger partial charge in [0.25, 0.3) is 0 Å². The molecule has 0 heterocycles. The summed E-state index contributed by atoms with van der Waals surface area (Å²) in [5.74, 6) is -0.861. The van der Waals surface area contributed by atoms with Gasteiger partial charge in [0, 0.05) is 11.5 Å². The van der Waals surface area contributed by atoms with E-state index >= 15 is 0 Å². The zero-order valence-electron chi connectivity index (χ0n) is 6.99. The predicted octanol–water partition coefficient (Wildman–Crippen LogP) is 2.05. The molecule has 0 aromatic heterocycles. The van der Waals surface area contributed by atoms with Gasteiger partial charge in [-0.2, -0.15) is 0 Å². The third-order valence-corrected chi connectivity index (χ3v) is 2.19. The maximum atomic E-state index is 10.4. The number of aromatic hydroxyl groups is 2. The van der Waals surface area contributed by atoms with Gasteiger partial charge < -0.3 is 15.0 Å². The first-order valence-electron chi connectivity index (χ1n) is 3.73. The zero-order valence-corrected chi connectivity index (χ0v) is 7.75. The molecule has 1 aromatic rings. The Morgan fingerprint density at radius 1 is 1.46 bits per heavy atom. The molecule has 4 heteroatoms. The Morgan fingerprint density at radius 3 is 2.62 bits per heavy atom. The summed E-state index contributed by atoms with van der Waals surface area (Å²) in [5, 5.41) is 18.4. The van der Waals surface area contributed by atoms with Gasteiger partial charge in [0.2, 0.25) is 0 Å². The number of halogens is 1. The molecular formula is C9H9ClO3. The number of phenolic OH excluding ortho intramolecular Hbond substituents is 2. The summed E-state index contributed by atoms with van der Waals surface area (Å²) in [6.07, 6.45) is 0.697. The maximum absolute atomic E-state index is 10.4. The van der Waals surface area contributed by atoms with Crippen LogP contribution in [0.25, 0.3) is 0 Å². The molecule has 0 aliphatic carbocycles. The molecule has 0 fully saturated rings. The van der Waals surface area contributed by atoms with Crippen molar-refractivity contribution in [3.8, 4) is 11.5 Å². The second kappa shape index (κ2) is 3.66. The van der Waals surface area contributed by atoms with Crippen molar-refractivity contribution >= 4 is 17.9 Å². The molecule has 0 aliphatic heterocycles. The molecule has 2 N–H and O–H groups in total. The number of benzene rings is 1. The Morgan fingerprint density at radius 2 is 2.08 bits per heavy atom. The number of rotatable bonds is 2. The van der Waals surface area contributed by atoms with Crippen LogP contribution in [0.1, 0.15) is 18.4 Å². The van der Waals surface area contributed by atoms with E-state index in [2.05, 4.69) is 0 Å². The summed E-state index contributed by atoms with van der Waals surface area (Å²) in [5.41, 5.74) is 0.415. The zero-order chi connectivity index (χ0) is 10.0. The molecule has 1 rings (SSSR count). The van der Waals surface area contributed by atoms with Crippen molar-refractivity contribution in [3.63, 3.8) is 0 Å². The lowest BCUT2D eigenvalue weighted by molar-refractivity contribution is -0.108. The van der Waals surface area contributed by atoms with E-state index in [9.17, 15) is 9.90 Å². The molecule has 0 radical (unpaired) electrons. The van der Waals surface area contributed by atoms with Crippen molar-refractivity contribution in [2.75, 3.05) is 0 Å². The largest absolute Gasteiger partial charge is 0.506 e. The minimum absolute atomic E-state index is 0.119. The van der Waals surface area contributed by atoms with E-state index in [-0.39, 0.29) is 16.5 Å². The summed E-state index contributed by atoms with van der Waals surface area (Å²) < 4.78 is 0. The molecule has 0 saturated carbocycles. The van der Waals surface area contributed by atoms with Gasteiger partial charge in [0.1, 0.15) is 22.8 Å². The lowest BCUT2D eigenvalue weighted by Crippen LogP contribution is -1.94. The van der Waals surface area contributed by atoms with Crippen LogP contribution in [0, 0.1) is 0 Å². The SMILES string of the molecule is CC(C=O)c1ccc(O)c(Cl)c1O. The third kappa shape index (κ3) is 1.75. The summed E-state index contributed by atoms with van der Waals surface area (Å²) in [4.78, 5) is 10.4. The topological polar surface area (TPSA) is 57.5 Å². The van der Waals surface area contributed by atoms with Crippen molar-refractivity contribution in [3.05, 3.63) is 22.7 Å². The fraction of sp³-hybridized carbons (Fsp3) is 0.222. The minimum atomic E-state index is -0.432. The summed E-state index contributed by atoms with van der Waals surface area (Å²) in [6, 6.07) is 2.81. The summed E-state index contributed by atoms with van der Waals surface area (Å²) >= 11 is 5.57. The van der Waals surface area contributed by atoms with Crippen LogP contribution in [-0.2, 0) is 4.79 Å². The van der Waals surface area contributed by atoms with Gasteiger partial charge in [-0.15, -0.1) is 0 Å². The molecule has 1 unspecified atom stereocenters. The lowest BCUT2D eigenvalue weighted by Gasteiger charge is -2.08. The van der Waals surface area contributed by atoms with Gasteiger partial charge in [-0.05, 0) is 6.07 Å². The number of hydrogen-bond donors (Lipinski definition) is 2. The maximum Gasteiger partial charge on any atom is 0.141 e. The average Bonchev–Trinajstić information content (AvgIpc) is 2.13. The second-order valence-electron chi connectivity index (χ2n) is 2.76. The van der Waals surface area contributed by atoms with Gasteiger partial charge in [0.05, 0.1) is 0 Å². The molecule has 13 heavy (non-hydrogen) atoms. The van der Waals surface area contributed by atoms with Crippen LogP contribution in [0.2, 0.25) is 5.02 Å². The number of carbonyl (C=O) groups excluding carboxylic acids is 1. The van der Waals surface area contributed by atoms with Crippen LogP contribution >= 0.6 is 11.6 Å². The van der Waals surface area contributed by atoms with Crippen LogP contribution in [-0.4, -0.2) is 16.5 Å². The highest BCUT2D eigenvalue weighted by atomic mass is 35.5. The summed E-state index contributed by atoms with van der Waals surface area (Å²) in [6.45, 7) is 1.63. The Balaban J connectivity index is 3.25. The second-order valence-corrected chi connectivity index (χ2v) is 3.14. The predicted molar refractivity (Wildman–Crippen MR) is 49.3 cm³/mol. The quantitative estimate of drug-likeness (QED) is 0.719. The van der Waals surface area contributed by atoms with Gasteiger partial charge in [-0.1, -0.05) is 24.6 Å². The van der Waals surface area contributed by atoms with E-state index in [1.54, 1.807) is 6.92 Å². The number of carbonyl (C=O) groups is 1. The van der Waals surface area contributed by atoms with E-state index in [1.807, 2.05) is 0 Å². The molecule has 3 nitrogen and oxygen atoms in total. The van der Waals surface area contributed by atoms with Gasteiger partial charge in [-0.25, -0.2) is 0 Å². The van der Waals surface area contributed by atoms with Crippen LogP contribution < -0.4 is 0 Å². The lowest BCUT2D eigenvalue weighted by atomic mass is 10.0. The molecule has 0 aliphatic rings. The first-order valence-corrected chi connectivity index (χ1v) is 4.11. The number of phenols is 2. The number of hydrogen-bond acceptors (Lipinski definition) is 3. The first kappa shape index (κ1) is 9.86. The highest BCUT2D eigenvalue weighted by Crippen LogP contribution is 2.37. The fourth-order valence-corrected chi connectivity index (χ4v) is 1.18. The van der Waals surface area contributed by atoms with Crippen molar-refractivity contribution in [2.24, 2.45) is 0 Å². The van der Waals surface area contributed by atoms with Gasteiger partial charge in [-0.3, -0.25) is 0 Å². The number of aldehydes is 1.